The molecule has 1 aliphatic rings. The molecule has 1 aromatic carbocycles. The van der Waals surface area contributed by atoms with Gasteiger partial charge in [0.1, 0.15) is 5.75 Å². The van der Waals surface area contributed by atoms with Crippen LogP contribution < -0.4 is 16.6 Å². The van der Waals surface area contributed by atoms with E-state index in [1.807, 2.05) is 12.1 Å². The quantitative estimate of drug-likeness (QED) is 0.593. The molecule has 0 aromatic heterocycles. The van der Waals surface area contributed by atoms with Gasteiger partial charge in [-0.3, -0.25) is 10.9 Å². The van der Waals surface area contributed by atoms with Crippen molar-refractivity contribution in [2.24, 2.45) is 11.7 Å². The Bertz CT molecular complexity index is 343. The van der Waals surface area contributed by atoms with E-state index in [4.69, 9.17) is 5.73 Å². The molecule has 2 atom stereocenters. The number of nitrogens with two attached hydrogens (primary N) is 1. The van der Waals surface area contributed by atoms with E-state index in [2.05, 4.69) is 16.9 Å². The van der Waals surface area contributed by atoms with Crippen molar-refractivity contribution in [3.05, 3.63) is 29.8 Å². The van der Waals surface area contributed by atoms with E-state index in [1.165, 1.54) is 5.56 Å². The van der Waals surface area contributed by atoms with Crippen LogP contribution in [0.5, 0.6) is 5.75 Å². The van der Waals surface area contributed by atoms with Gasteiger partial charge in [-0.2, -0.15) is 0 Å². The second-order valence-corrected chi connectivity index (χ2v) is 4.34. The third-order valence-corrected chi connectivity index (χ3v) is 3.11. The van der Waals surface area contributed by atoms with Crippen LogP contribution in [0.15, 0.2) is 24.3 Å². The van der Waals surface area contributed by atoms with E-state index in [-0.39, 0.29) is 0 Å². The van der Waals surface area contributed by atoms with Crippen LogP contribution in [0.2, 0.25) is 0 Å². The average molecular weight is 221 g/mol. The van der Waals surface area contributed by atoms with Crippen LogP contribution in [0.3, 0.4) is 0 Å². The van der Waals surface area contributed by atoms with Gasteiger partial charge in [0, 0.05) is 12.6 Å². The molecule has 1 fully saturated rings. The van der Waals surface area contributed by atoms with Crippen molar-refractivity contribution in [3.8, 4) is 5.75 Å². The maximum atomic E-state index is 9.41. The smallest absolute Gasteiger partial charge is 0.115 e. The van der Waals surface area contributed by atoms with Crippen molar-refractivity contribution < 1.29 is 5.11 Å². The molecule has 1 aromatic rings. The normalized spacial score (nSPS) is 24.8. The van der Waals surface area contributed by atoms with E-state index >= 15 is 0 Å². The Morgan fingerprint density at radius 2 is 2.31 bits per heavy atom. The Balaban J connectivity index is 1.98. The van der Waals surface area contributed by atoms with Crippen molar-refractivity contribution >= 4 is 0 Å². The summed E-state index contributed by atoms with van der Waals surface area (Å²) < 4.78 is 0. The van der Waals surface area contributed by atoms with Crippen LogP contribution >= 0.6 is 0 Å². The van der Waals surface area contributed by atoms with Gasteiger partial charge in [-0.15, -0.1) is 0 Å². The summed E-state index contributed by atoms with van der Waals surface area (Å²) in [6, 6.07) is 7.91. The molecular weight excluding hydrogens is 202 g/mol. The van der Waals surface area contributed by atoms with Gasteiger partial charge in [0.25, 0.3) is 0 Å². The summed E-state index contributed by atoms with van der Waals surface area (Å²) >= 11 is 0. The molecule has 4 nitrogen and oxygen atoms in total. The minimum absolute atomic E-state index is 0.340. The van der Waals surface area contributed by atoms with E-state index in [9.17, 15) is 5.11 Å². The first-order valence-corrected chi connectivity index (χ1v) is 5.76. The van der Waals surface area contributed by atoms with Gasteiger partial charge in [0.2, 0.25) is 0 Å². The summed E-state index contributed by atoms with van der Waals surface area (Å²) in [5, 5.41) is 9.41. The maximum absolute atomic E-state index is 9.41. The number of phenols is 1. The molecule has 0 amide bonds. The van der Waals surface area contributed by atoms with Crippen molar-refractivity contribution in [2.75, 3.05) is 13.1 Å². The summed E-state index contributed by atoms with van der Waals surface area (Å²) in [7, 11) is 0. The topological polar surface area (TPSA) is 70.3 Å². The molecule has 5 N–H and O–H groups in total. The van der Waals surface area contributed by atoms with E-state index in [1.54, 1.807) is 6.07 Å². The maximum Gasteiger partial charge on any atom is 0.115 e. The first kappa shape index (κ1) is 11.4. The molecule has 16 heavy (non-hydrogen) atoms. The minimum Gasteiger partial charge on any atom is -0.508 e. The predicted octanol–water partition coefficient (Wildman–Crippen LogP) is 0.376. The Morgan fingerprint density at radius 1 is 1.44 bits per heavy atom. The highest BCUT2D eigenvalue weighted by Crippen LogP contribution is 2.19. The minimum atomic E-state index is 0.340. The average Bonchev–Trinajstić information content (AvgIpc) is 2.66. The lowest BCUT2D eigenvalue weighted by Crippen LogP contribution is -2.33. The molecule has 0 bridgehead atoms. The number of rotatable bonds is 4. The lowest BCUT2D eigenvalue weighted by atomic mass is 9.92. The number of hydrogen-bond donors (Lipinski definition) is 4. The Labute approximate surface area is 95.8 Å². The molecule has 2 rings (SSSR count). The highest BCUT2D eigenvalue weighted by Gasteiger charge is 2.25. The summed E-state index contributed by atoms with van der Waals surface area (Å²) in [6.45, 7) is 1.66. The second-order valence-electron chi connectivity index (χ2n) is 4.34. The van der Waals surface area contributed by atoms with Gasteiger partial charge in [-0.25, -0.2) is 0 Å². The van der Waals surface area contributed by atoms with Crippen LogP contribution in [0.1, 0.15) is 12.0 Å². The number of aromatic hydroxyl groups is 1. The van der Waals surface area contributed by atoms with Crippen LogP contribution in [0, 0.1) is 5.92 Å². The molecule has 1 aliphatic heterocycles. The molecule has 0 aliphatic carbocycles. The van der Waals surface area contributed by atoms with Gasteiger partial charge < -0.3 is 10.8 Å². The van der Waals surface area contributed by atoms with Crippen LogP contribution in [-0.4, -0.2) is 24.2 Å². The van der Waals surface area contributed by atoms with Gasteiger partial charge in [-0.1, -0.05) is 12.1 Å². The van der Waals surface area contributed by atoms with Crippen molar-refractivity contribution in [3.63, 3.8) is 0 Å². The molecular formula is C12H19N3O. The highest BCUT2D eigenvalue weighted by atomic mass is 16.3. The van der Waals surface area contributed by atoms with Gasteiger partial charge in [0.15, 0.2) is 0 Å². The lowest BCUT2D eigenvalue weighted by Gasteiger charge is -2.17. The second kappa shape index (κ2) is 5.30. The largest absolute Gasteiger partial charge is 0.508 e. The molecule has 0 radical (unpaired) electrons. The Hall–Kier alpha value is -1.10. The van der Waals surface area contributed by atoms with E-state index < -0.39 is 0 Å². The fraction of sp³-hybridized carbons (Fsp3) is 0.500. The third kappa shape index (κ3) is 2.72. The number of benzene rings is 1. The number of hydrazine groups is 1. The molecule has 4 heteroatoms. The summed E-state index contributed by atoms with van der Waals surface area (Å²) in [6.07, 6.45) is 1.95. The molecule has 1 saturated heterocycles. The monoisotopic (exact) mass is 221 g/mol. The lowest BCUT2D eigenvalue weighted by molar-refractivity contribution is 0.431. The molecule has 0 spiro atoms. The first-order valence-electron chi connectivity index (χ1n) is 5.76. The zero-order chi connectivity index (χ0) is 11.4. The summed E-state index contributed by atoms with van der Waals surface area (Å²) in [4.78, 5) is 0. The Morgan fingerprint density at radius 3 is 3.06 bits per heavy atom. The van der Waals surface area contributed by atoms with Crippen LogP contribution in [-0.2, 0) is 6.42 Å². The standard InChI is InChI=1S/C12H19N3O/c13-5-4-12-10(8-14-15-12)6-9-2-1-3-11(16)7-9/h1-3,7,10,12,14-16H,4-6,8,13H2. The summed E-state index contributed by atoms with van der Waals surface area (Å²) in [5.41, 5.74) is 13.2. The Kier molecular flexibility index (Phi) is 3.77. The number of nitrogens with one attached hydrogen (secondary N) is 2. The van der Waals surface area contributed by atoms with Crippen molar-refractivity contribution in [2.45, 2.75) is 18.9 Å². The third-order valence-electron chi connectivity index (χ3n) is 3.11. The van der Waals surface area contributed by atoms with Gasteiger partial charge in [-0.05, 0) is 43.0 Å². The molecule has 2 unspecified atom stereocenters. The van der Waals surface area contributed by atoms with Crippen LogP contribution in [0.25, 0.3) is 0 Å². The van der Waals surface area contributed by atoms with Crippen LogP contribution in [0.4, 0.5) is 0 Å². The van der Waals surface area contributed by atoms with Gasteiger partial charge >= 0.3 is 0 Å². The van der Waals surface area contributed by atoms with Gasteiger partial charge in [0.05, 0.1) is 0 Å². The van der Waals surface area contributed by atoms with E-state index in [0.717, 1.165) is 19.4 Å². The molecule has 1 heterocycles. The fourth-order valence-corrected chi connectivity index (χ4v) is 2.27. The number of phenolic OH excluding ortho intramolecular Hbond substituents is 1. The molecule has 0 saturated carbocycles. The highest BCUT2D eigenvalue weighted by molar-refractivity contribution is 5.27. The fourth-order valence-electron chi connectivity index (χ4n) is 2.27. The predicted molar refractivity (Wildman–Crippen MR) is 63.9 cm³/mol. The molecule has 88 valence electrons. The van der Waals surface area contributed by atoms with E-state index in [0.29, 0.717) is 24.3 Å². The van der Waals surface area contributed by atoms with Crippen molar-refractivity contribution in [1.29, 1.82) is 0 Å². The van der Waals surface area contributed by atoms with Crippen molar-refractivity contribution in [1.82, 2.24) is 10.9 Å². The SMILES string of the molecule is NCCC1NNCC1Cc1cccc(O)c1. The number of hydrogen-bond acceptors (Lipinski definition) is 4. The first-order chi connectivity index (χ1) is 7.79. The zero-order valence-corrected chi connectivity index (χ0v) is 9.32. The summed E-state index contributed by atoms with van der Waals surface area (Å²) in [5.74, 6) is 0.886. The zero-order valence-electron chi connectivity index (χ0n) is 9.32.